The fourth-order valence-electron chi connectivity index (χ4n) is 2.76. The van der Waals surface area contributed by atoms with Gasteiger partial charge in [0.05, 0.1) is 34.6 Å². The molecule has 2 aromatic rings. The standard InChI is InChI=1S/C22H16N4O2/c27-21-7-3-1-5-15(21)13-25-19-11-17-18(24-10-9-23-17)12-20(19)26-14-16-6-2-4-8-22(16)28/h1-14H,(H2,23,24,25,26,27,28)/p+2. The lowest BCUT2D eigenvalue weighted by molar-refractivity contribution is 0.474. The Hall–Kier alpha value is -4.24. The minimum absolute atomic E-state index is 0.159. The monoisotopic (exact) mass is 370 g/mol. The highest BCUT2D eigenvalue weighted by Crippen LogP contribution is 2.12. The number of aromatic nitrogens is 2. The third-order valence-corrected chi connectivity index (χ3v) is 4.23. The number of phenols is 2. The van der Waals surface area contributed by atoms with Gasteiger partial charge < -0.3 is 20.2 Å². The van der Waals surface area contributed by atoms with E-state index in [1.165, 1.54) is 0 Å². The molecular formula is C22H18N4O2+2. The van der Waals surface area contributed by atoms with Gasteiger partial charge in [0.25, 0.3) is 0 Å². The summed E-state index contributed by atoms with van der Waals surface area (Å²) < 4.78 is 9.05. The third-order valence-electron chi connectivity index (χ3n) is 4.23. The van der Waals surface area contributed by atoms with Gasteiger partial charge in [-0.25, -0.2) is 0 Å². The molecule has 0 spiro atoms. The number of aromatic amines is 2. The van der Waals surface area contributed by atoms with Gasteiger partial charge in [-0.3, -0.25) is 0 Å². The molecule has 4 rings (SSSR count). The molecule has 0 bridgehead atoms. The van der Waals surface area contributed by atoms with Crippen LogP contribution in [0.3, 0.4) is 0 Å². The Kier molecular flexibility index (Phi) is 4.64. The first kappa shape index (κ1) is 17.2. The number of nitrogens with zero attached hydrogens (tertiary/aromatic N) is 2. The summed E-state index contributed by atoms with van der Waals surface area (Å²) in [5.74, 6) is 0.317. The van der Waals surface area contributed by atoms with Crippen molar-refractivity contribution in [2.75, 3.05) is 0 Å². The average Bonchev–Trinajstić information content (AvgIpc) is 2.72. The first-order valence-corrected chi connectivity index (χ1v) is 8.71. The van der Waals surface area contributed by atoms with Gasteiger partial charge in [-0.15, -0.1) is 0 Å². The molecule has 28 heavy (non-hydrogen) atoms. The van der Waals surface area contributed by atoms with Crippen LogP contribution in [0, 0.1) is 0 Å². The van der Waals surface area contributed by atoms with Crippen molar-refractivity contribution < 1.29 is 10.2 Å². The second-order valence-electron chi connectivity index (χ2n) is 6.14. The van der Waals surface area contributed by atoms with Gasteiger partial charge in [-0.1, -0.05) is 33.6 Å². The van der Waals surface area contributed by atoms with Gasteiger partial charge in [0.15, 0.2) is 0 Å². The molecule has 4 N–H and O–H groups in total. The molecule has 6 heteroatoms. The minimum atomic E-state index is 0.159. The zero-order valence-electron chi connectivity index (χ0n) is 14.9. The van der Waals surface area contributed by atoms with Crippen molar-refractivity contribution in [3.8, 4) is 22.9 Å². The summed E-state index contributed by atoms with van der Waals surface area (Å²) in [6, 6.07) is 17.7. The second-order valence-corrected chi connectivity index (χ2v) is 6.14. The van der Waals surface area contributed by atoms with Crippen LogP contribution in [0.1, 0.15) is 11.1 Å². The van der Waals surface area contributed by atoms with E-state index in [-0.39, 0.29) is 11.5 Å². The fourth-order valence-corrected chi connectivity index (χ4v) is 2.76. The Balaban J connectivity index is 2.01. The number of hydrogen-bond acceptors (Lipinski definition) is 2. The highest BCUT2D eigenvalue weighted by Gasteiger charge is 2.14. The highest BCUT2D eigenvalue weighted by molar-refractivity contribution is 5.82. The molecule has 0 atom stereocenters. The van der Waals surface area contributed by atoms with Gasteiger partial charge in [-0.05, 0) is 24.3 Å². The largest absolute Gasteiger partial charge is 0.507 e. The molecule has 2 aliphatic rings. The number of benzene rings is 3. The van der Waals surface area contributed by atoms with E-state index in [2.05, 4.69) is 19.3 Å². The number of rotatable bonds is 2. The fraction of sp³-hybridized carbons (Fsp3) is 0. The molecule has 0 aromatic heterocycles. The quantitative estimate of drug-likeness (QED) is 0.313. The van der Waals surface area contributed by atoms with Crippen LogP contribution in [-0.2, 0) is 0 Å². The molecule has 0 unspecified atom stereocenters. The van der Waals surface area contributed by atoms with Crippen LogP contribution in [-0.4, -0.2) is 32.6 Å². The smallest absolute Gasteiger partial charge is 0.417 e. The van der Waals surface area contributed by atoms with E-state index in [9.17, 15) is 10.2 Å². The Morgan fingerprint density at radius 1 is 0.643 bits per heavy atom. The maximum Gasteiger partial charge on any atom is 0.417 e. The third kappa shape index (κ3) is 3.64. The SMILES string of the molecule is Oc1ccccc1C=[N+]=c1cc2[nH]cc[nH]c-2cc1=[N+]=Cc1ccccc1O. The minimum Gasteiger partial charge on any atom is -0.507 e. The summed E-state index contributed by atoms with van der Waals surface area (Å²) >= 11 is 0. The van der Waals surface area contributed by atoms with E-state index in [4.69, 9.17) is 0 Å². The van der Waals surface area contributed by atoms with E-state index in [1.54, 1.807) is 61.2 Å². The Labute approximate surface area is 160 Å². The summed E-state index contributed by atoms with van der Waals surface area (Å²) in [5.41, 5.74) is 2.96. The number of H-pyrrole nitrogens is 2. The number of aromatic hydroxyl groups is 2. The number of fused-ring (bicyclic) bond motifs is 1. The van der Waals surface area contributed by atoms with Gasteiger partial charge >= 0.3 is 23.1 Å². The molecule has 1 heterocycles. The molecule has 136 valence electrons. The van der Waals surface area contributed by atoms with Crippen LogP contribution >= 0.6 is 0 Å². The van der Waals surface area contributed by atoms with Crippen LogP contribution in [0.25, 0.3) is 11.4 Å². The van der Waals surface area contributed by atoms with Gasteiger partial charge in [-0.2, -0.15) is 0 Å². The summed E-state index contributed by atoms with van der Waals surface area (Å²) in [4.78, 5) is 6.33. The van der Waals surface area contributed by atoms with Crippen LogP contribution in [0.2, 0.25) is 0 Å². The van der Waals surface area contributed by atoms with Crippen molar-refractivity contribution in [2.45, 2.75) is 0 Å². The van der Waals surface area contributed by atoms with Crippen molar-refractivity contribution in [2.24, 2.45) is 0 Å². The zero-order chi connectivity index (χ0) is 19.3. The van der Waals surface area contributed by atoms with Crippen LogP contribution in [0.4, 0.5) is 0 Å². The lowest BCUT2D eigenvalue weighted by Crippen LogP contribution is -2.32. The summed E-state index contributed by atoms with van der Waals surface area (Å²) in [5, 5.41) is 21.2. The Morgan fingerprint density at radius 2 is 1.07 bits per heavy atom. The maximum absolute atomic E-state index is 9.95. The normalized spacial score (nSPS) is 10.1. The lowest BCUT2D eigenvalue weighted by Gasteiger charge is -1.99. The molecular weight excluding hydrogens is 352 g/mol. The Bertz CT molecular complexity index is 1220. The van der Waals surface area contributed by atoms with Crippen molar-refractivity contribution >= 4 is 12.4 Å². The van der Waals surface area contributed by atoms with E-state index >= 15 is 0 Å². The molecule has 1 aliphatic heterocycles. The topological polar surface area (TPSA) is 100 Å². The predicted octanol–water partition coefficient (Wildman–Crippen LogP) is 1.03. The Morgan fingerprint density at radius 3 is 1.50 bits per heavy atom. The number of hydrogen-bond donors (Lipinski definition) is 4. The first-order valence-electron chi connectivity index (χ1n) is 8.71. The van der Waals surface area contributed by atoms with E-state index in [0.717, 1.165) is 11.4 Å². The molecule has 0 saturated carbocycles. The predicted molar refractivity (Wildman–Crippen MR) is 109 cm³/mol. The maximum atomic E-state index is 9.95. The molecule has 0 amide bonds. The average molecular weight is 370 g/mol. The van der Waals surface area contributed by atoms with E-state index < -0.39 is 0 Å². The molecule has 1 aliphatic carbocycles. The van der Waals surface area contributed by atoms with E-state index in [0.29, 0.717) is 21.8 Å². The molecule has 0 fully saturated rings. The number of phenolic OH excluding ortho intramolecular Hbond substituents is 2. The second kappa shape index (κ2) is 7.56. The molecule has 0 saturated heterocycles. The van der Waals surface area contributed by atoms with Crippen LogP contribution < -0.4 is 20.1 Å². The van der Waals surface area contributed by atoms with Crippen LogP contribution in [0.15, 0.2) is 73.1 Å². The molecule has 0 radical (unpaired) electrons. The van der Waals surface area contributed by atoms with Gasteiger partial charge in [0, 0.05) is 12.4 Å². The van der Waals surface area contributed by atoms with E-state index in [1.807, 2.05) is 24.3 Å². The highest BCUT2D eigenvalue weighted by atomic mass is 16.3. The summed E-state index contributed by atoms with van der Waals surface area (Å²) in [6.45, 7) is 0. The zero-order valence-corrected chi connectivity index (χ0v) is 14.9. The lowest BCUT2D eigenvalue weighted by atomic mass is 10.2. The van der Waals surface area contributed by atoms with Crippen LogP contribution in [0.5, 0.6) is 11.5 Å². The summed E-state index contributed by atoms with van der Waals surface area (Å²) in [7, 11) is 0. The van der Waals surface area contributed by atoms with Crippen molar-refractivity contribution in [3.63, 3.8) is 0 Å². The number of nitrogens with one attached hydrogen (secondary N) is 2. The first-order chi connectivity index (χ1) is 13.7. The number of para-hydroxylation sites is 2. The molecule has 2 aromatic carbocycles. The van der Waals surface area contributed by atoms with Gasteiger partial charge in [0.1, 0.15) is 11.5 Å². The van der Waals surface area contributed by atoms with Crippen molar-refractivity contribution in [1.82, 2.24) is 19.3 Å². The summed E-state index contributed by atoms with van der Waals surface area (Å²) in [6.07, 6.45) is 6.79. The molecule has 6 nitrogen and oxygen atoms in total. The van der Waals surface area contributed by atoms with Crippen molar-refractivity contribution in [3.05, 3.63) is 94.9 Å². The van der Waals surface area contributed by atoms with Crippen molar-refractivity contribution in [1.29, 1.82) is 0 Å². The van der Waals surface area contributed by atoms with Gasteiger partial charge in [0.2, 0.25) is 0 Å².